The Morgan fingerprint density at radius 2 is 1.31 bits per heavy atom. The number of Topliss-reactive ketones (excluding diaryl/α,β-unsaturated/α-hetero) is 1. The Morgan fingerprint density at radius 1 is 0.828 bits per heavy atom. The molecule has 0 aliphatic rings. The highest BCUT2D eigenvalue weighted by molar-refractivity contribution is 6.01. The van der Waals surface area contributed by atoms with Crippen LogP contribution in [0.5, 0.6) is 0 Å². The maximum Gasteiger partial charge on any atom is 0.411 e. The van der Waals surface area contributed by atoms with E-state index < -0.39 is 43.6 Å². The van der Waals surface area contributed by atoms with Gasteiger partial charge in [0.25, 0.3) is 0 Å². The number of ketones is 1. The van der Waals surface area contributed by atoms with Crippen molar-refractivity contribution in [1.82, 2.24) is 0 Å². The van der Waals surface area contributed by atoms with Gasteiger partial charge in [-0.15, -0.1) is 0 Å². The molecule has 0 saturated carbocycles. The van der Waals surface area contributed by atoms with Gasteiger partial charge in [0.15, 0.2) is 12.1 Å². The van der Waals surface area contributed by atoms with Gasteiger partial charge in [0.1, 0.15) is 13.2 Å². The van der Waals surface area contributed by atoms with Gasteiger partial charge in [-0.3, -0.25) is 4.79 Å². The molecule has 2 aromatic rings. The molecule has 0 N–H and O–H groups in total. The monoisotopic (exact) mass is 420 g/mol. The summed E-state index contributed by atoms with van der Waals surface area (Å²) in [5, 5.41) is 0. The summed E-state index contributed by atoms with van der Waals surface area (Å²) in [5.41, 5.74) is 1.08. The van der Waals surface area contributed by atoms with Gasteiger partial charge in [-0.05, 0) is 12.5 Å². The first-order chi connectivity index (χ1) is 13.5. The summed E-state index contributed by atoms with van der Waals surface area (Å²) in [6.07, 6.45) is -11.7. The summed E-state index contributed by atoms with van der Waals surface area (Å²) in [6, 6.07) is 13.6. The molecule has 0 bridgehead atoms. The molecule has 1 atom stereocenters. The van der Waals surface area contributed by atoms with Crippen molar-refractivity contribution in [3.63, 3.8) is 0 Å². The SMILES string of the molecule is Cc1ccc(C(C(=O)c2ccccc2)C(OCC(F)(F)F)OCC(F)(F)F)cc1. The fourth-order valence-corrected chi connectivity index (χ4v) is 2.58. The number of alkyl halides is 6. The number of halogens is 6. The molecule has 29 heavy (non-hydrogen) atoms. The predicted octanol–water partition coefficient (Wildman–Crippen LogP) is 5.45. The Morgan fingerprint density at radius 3 is 1.76 bits per heavy atom. The topological polar surface area (TPSA) is 35.5 Å². The van der Waals surface area contributed by atoms with Crippen LogP contribution in [0.1, 0.15) is 27.4 Å². The quantitative estimate of drug-likeness (QED) is 0.324. The number of rotatable bonds is 8. The number of carbonyl (C=O) groups is 1. The third kappa shape index (κ3) is 7.51. The van der Waals surface area contributed by atoms with Crippen molar-refractivity contribution >= 4 is 5.78 Å². The zero-order valence-electron chi connectivity index (χ0n) is 15.3. The molecule has 0 fully saturated rings. The number of hydrogen-bond acceptors (Lipinski definition) is 3. The average molecular weight is 420 g/mol. The number of ether oxygens (including phenoxy) is 2. The van der Waals surface area contributed by atoms with Crippen LogP contribution in [0.4, 0.5) is 26.3 Å². The highest BCUT2D eigenvalue weighted by Gasteiger charge is 2.39. The lowest BCUT2D eigenvalue weighted by Crippen LogP contribution is -2.36. The standard InChI is InChI=1S/C20H18F6O3/c1-13-7-9-14(10-8-13)16(17(27)15-5-3-2-4-6-15)18(28-11-19(21,22)23)29-12-20(24,25)26/h2-10,16,18H,11-12H2,1H3. The fourth-order valence-electron chi connectivity index (χ4n) is 2.58. The Labute approximate surface area is 163 Å². The molecular weight excluding hydrogens is 402 g/mol. The van der Waals surface area contributed by atoms with E-state index in [9.17, 15) is 31.1 Å². The lowest BCUT2D eigenvalue weighted by atomic mass is 9.89. The van der Waals surface area contributed by atoms with Crippen molar-refractivity contribution < 1.29 is 40.6 Å². The summed E-state index contributed by atoms with van der Waals surface area (Å²) < 4.78 is 85.1. The van der Waals surface area contributed by atoms with E-state index >= 15 is 0 Å². The third-order valence-corrected chi connectivity index (χ3v) is 3.87. The van der Waals surface area contributed by atoms with Gasteiger partial charge < -0.3 is 9.47 Å². The highest BCUT2D eigenvalue weighted by Crippen LogP contribution is 2.31. The summed E-state index contributed by atoms with van der Waals surface area (Å²) >= 11 is 0. The molecule has 1 unspecified atom stereocenters. The van der Waals surface area contributed by atoms with Crippen LogP contribution in [0.2, 0.25) is 0 Å². The van der Waals surface area contributed by atoms with Crippen LogP contribution in [0.3, 0.4) is 0 Å². The van der Waals surface area contributed by atoms with Crippen LogP contribution in [0.25, 0.3) is 0 Å². The fraction of sp³-hybridized carbons (Fsp3) is 0.350. The molecule has 3 nitrogen and oxygen atoms in total. The molecule has 0 heterocycles. The number of benzene rings is 2. The van der Waals surface area contributed by atoms with E-state index in [-0.39, 0.29) is 11.1 Å². The first kappa shape index (κ1) is 22.9. The summed E-state index contributed by atoms with van der Waals surface area (Å²) in [6.45, 7) is -1.98. The molecule has 0 aliphatic carbocycles. The van der Waals surface area contributed by atoms with E-state index in [1.54, 1.807) is 25.1 Å². The second-order valence-corrected chi connectivity index (χ2v) is 6.34. The largest absolute Gasteiger partial charge is 0.411 e. The van der Waals surface area contributed by atoms with E-state index in [0.29, 0.717) is 0 Å². The molecule has 2 rings (SSSR count). The first-order valence-electron chi connectivity index (χ1n) is 8.49. The second kappa shape index (κ2) is 9.41. The van der Waals surface area contributed by atoms with Crippen molar-refractivity contribution in [3.05, 3.63) is 71.3 Å². The summed E-state index contributed by atoms with van der Waals surface area (Å²) in [5.74, 6) is -2.24. The summed E-state index contributed by atoms with van der Waals surface area (Å²) in [7, 11) is 0. The Bertz CT molecular complexity index is 767. The lowest BCUT2D eigenvalue weighted by molar-refractivity contribution is -0.261. The maximum atomic E-state index is 13.0. The zero-order valence-corrected chi connectivity index (χ0v) is 15.3. The van der Waals surface area contributed by atoms with Crippen molar-refractivity contribution in [2.24, 2.45) is 0 Å². The van der Waals surface area contributed by atoms with Gasteiger partial charge >= 0.3 is 12.4 Å². The van der Waals surface area contributed by atoms with E-state index in [2.05, 4.69) is 9.47 Å². The van der Waals surface area contributed by atoms with Crippen LogP contribution in [0.15, 0.2) is 54.6 Å². The number of hydrogen-bond donors (Lipinski definition) is 0. The molecule has 2 aromatic carbocycles. The van der Waals surface area contributed by atoms with Gasteiger partial charge in [-0.2, -0.15) is 26.3 Å². The smallest absolute Gasteiger partial charge is 0.342 e. The van der Waals surface area contributed by atoms with Crippen molar-refractivity contribution in [2.75, 3.05) is 13.2 Å². The van der Waals surface area contributed by atoms with E-state index in [1.807, 2.05) is 0 Å². The normalized spacial score (nSPS) is 13.5. The molecule has 0 aliphatic heterocycles. The van der Waals surface area contributed by atoms with Crippen LogP contribution in [-0.4, -0.2) is 37.6 Å². The molecular formula is C20H18F6O3. The van der Waals surface area contributed by atoms with Gasteiger partial charge in [-0.25, -0.2) is 0 Å². The third-order valence-electron chi connectivity index (χ3n) is 3.87. The first-order valence-corrected chi connectivity index (χ1v) is 8.49. The molecule has 0 aromatic heterocycles. The van der Waals surface area contributed by atoms with Crippen LogP contribution in [0, 0.1) is 6.92 Å². The Hall–Kier alpha value is -2.39. The average Bonchev–Trinajstić information content (AvgIpc) is 2.64. The number of carbonyl (C=O) groups excluding carboxylic acids is 1. The molecule has 0 radical (unpaired) electrons. The minimum Gasteiger partial charge on any atom is -0.342 e. The van der Waals surface area contributed by atoms with Crippen LogP contribution >= 0.6 is 0 Å². The molecule has 0 saturated heterocycles. The maximum absolute atomic E-state index is 13.0. The second-order valence-electron chi connectivity index (χ2n) is 6.34. The molecule has 158 valence electrons. The van der Waals surface area contributed by atoms with Crippen LogP contribution in [-0.2, 0) is 9.47 Å². The van der Waals surface area contributed by atoms with E-state index in [4.69, 9.17) is 0 Å². The van der Waals surface area contributed by atoms with Crippen LogP contribution < -0.4 is 0 Å². The van der Waals surface area contributed by atoms with Gasteiger partial charge in [-0.1, -0.05) is 60.2 Å². The number of aryl methyl sites for hydroxylation is 1. The Balaban J connectivity index is 2.43. The predicted molar refractivity (Wildman–Crippen MR) is 92.5 cm³/mol. The lowest BCUT2D eigenvalue weighted by Gasteiger charge is -2.28. The van der Waals surface area contributed by atoms with Gasteiger partial charge in [0.05, 0.1) is 5.92 Å². The van der Waals surface area contributed by atoms with E-state index in [0.717, 1.165) is 5.56 Å². The highest BCUT2D eigenvalue weighted by atomic mass is 19.4. The van der Waals surface area contributed by atoms with Crippen molar-refractivity contribution in [2.45, 2.75) is 31.5 Å². The van der Waals surface area contributed by atoms with Gasteiger partial charge in [0.2, 0.25) is 0 Å². The summed E-state index contributed by atoms with van der Waals surface area (Å²) in [4.78, 5) is 13.0. The minimum atomic E-state index is -4.81. The van der Waals surface area contributed by atoms with Crippen molar-refractivity contribution in [3.8, 4) is 0 Å². The van der Waals surface area contributed by atoms with Gasteiger partial charge in [0, 0.05) is 5.56 Å². The zero-order chi connectivity index (χ0) is 21.7. The van der Waals surface area contributed by atoms with Crippen molar-refractivity contribution in [1.29, 1.82) is 0 Å². The molecule has 0 spiro atoms. The van der Waals surface area contributed by atoms with E-state index in [1.165, 1.54) is 36.4 Å². The minimum absolute atomic E-state index is 0.106. The Kier molecular flexibility index (Phi) is 7.43. The molecule has 0 amide bonds. The molecule has 9 heteroatoms.